The van der Waals surface area contributed by atoms with Crippen LogP contribution in [0.1, 0.15) is 43.6 Å². The fourth-order valence-corrected chi connectivity index (χ4v) is 5.70. The van der Waals surface area contributed by atoms with Gasteiger partial charge in [-0.15, -0.1) is 0 Å². The van der Waals surface area contributed by atoms with Crippen LogP contribution in [0.25, 0.3) is 10.9 Å². The lowest BCUT2D eigenvalue weighted by Gasteiger charge is -2.29. The van der Waals surface area contributed by atoms with Crippen LogP contribution in [0.3, 0.4) is 0 Å². The van der Waals surface area contributed by atoms with Crippen molar-refractivity contribution < 1.29 is 9.47 Å². The molecule has 1 atom stereocenters. The molecular formula is C28H36N4O2. The lowest BCUT2D eigenvalue weighted by Crippen LogP contribution is -2.34. The Morgan fingerprint density at radius 2 is 1.41 bits per heavy atom. The number of anilines is 1. The van der Waals surface area contributed by atoms with Gasteiger partial charge in [-0.25, -0.2) is 0 Å². The molecule has 0 aliphatic carbocycles. The van der Waals surface area contributed by atoms with Crippen LogP contribution in [0.2, 0.25) is 0 Å². The maximum Gasteiger partial charge on any atom is 0.120 e. The summed E-state index contributed by atoms with van der Waals surface area (Å²) in [6.07, 6.45) is 8.33. The average Bonchev–Trinajstić information content (AvgIpc) is 3.27. The van der Waals surface area contributed by atoms with E-state index < -0.39 is 0 Å². The number of hydrogen-bond donors (Lipinski definition) is 3. The van der Waals surface area contributed by atoms with E-state index in [0.29, 0.717) is 18.1 Å². The predicted octanol–water partition coefficient (Wildman–Crippen LogP) is 4.50. The quantitative estimate of drug-likeness (QED) is 0.506. The van der Waals surface area contributed by atoms with E-state index in [1.807, 2.05) is 0 Å². The molecule has 6 heteroatoms. The van der Waals surface area contributed by atoms with Gasteiger partial charge in [0.1, 0.15) is 23.7 Å². The van der Waals surface area contributed by atoms with Gasteiger partial charge in [-0.05, 0) is 106 Å². The van der Waals surface area contributed by atoms with Crippen molar-refractivity contribution in [2.45, 2.75) is 56.8 Å². The van der Waals surface area contributed by atoms with Gasteiger partial charge in [0.15, 0.2) is 0 Å². The van der Waals surface area contributed by atoms with E-state index in [1.165, 1.54) is 22.2 Å². The van der Waals surface area contributed by atoms with Gasteiger partial charge in [-0.2, -0.15) is 0 Å². The smallest absolute Gasteiger partial charge is 0.120 e. The summed E-state index contributed by atoms with van der Waals surface area (Å²) in [5.74, 6) is 2.47. The summed E-state index contributed by atoms with van der Waals surface area (Å²) < 4.78 is 15.0. The van der Waals surface area contributed by atoms with E-state index >= 15 is 0 Å². The van der Waals surface area contributed by atoms with Crippen molar-refractivity contribution in [3.05, 3.63) is 54.2 Å². The van der Waals surface area contributed by atoms with Crippen LogP contribution < -0.4 is 25.4 Å². The molecule has 0 bridgehead atoms. The molecule has 4 heterocycles. The van der Waals surface area contributed by atoms with Gasteiger partial charge >= 0.3 is 0 Å². The fraction of sp³-hybridized carbons (Fsp3) is 0.500. The van der Waals surface area contributed by atoms with Gasteiger partial charge in [-0.1, -0.05) is 0 Å². The second-order valence-corrected chi connectivity index (χ2v) is 9.98. The molecule has 1 unspecified atom stereocenters. The zero-order chi connectivity index (χ0) is 22.7. The van der Waals surface area contributed by atoms with E-state index in [4.69, 9.17) is 9.47 Å². The Labute approximate surface area is 202 Å². The Bertz CT molecular complexity index is 1110. The molecule has 1 aromatic heterocycles. The molecule has 180 valence electrons. The van der Waals surface area contributed by atoms with E-state index in [2.05, 4.69) is 69.2 Å². The number of nitrogens with zero attached hydrogens (tertiary/aromatic N) is 1. The molecule has 6 nitrogen and oxygen atoms in total. The third-order valence-corrected chi connectivity index (χ3v) is 7.61. The number of piperidine rings is 2. The monoisotopic (exact) mass is 460 g/mol. The second kappa shape index (κ2) is 9.88. The van der Waals surface area contributed by atoms with Crippen molar-refractivity contribution in [1.82, 2.24) is 15.2 Å². The Kier molecular flexibility index (Phi) is 6.34. The van der Waals surface area contributed by atoms with Crippen LogP contribution in [-0.2, 0) is 6.54 Å². The Morgan fingerprint density at radius 1 is 0.735 bits per heavy atom. The van der Waals surface area contributed by atoms with Crippen molar-refractivity contribution in [1.29, 1.82) is 0 Å². The average molecular weight is 461 g/mol. The lowest BCUT2D eigenvalue weighted by molar-refractivity contribution is 0.162. The Morgan fingerprint density at radius 3 is 2.15 bits per heavy atom. The molecule has 0 radical (unpaired) electrons. The maximum atomic E-state index is 6.36. The van der Waals surface area contributed by atoms with Gasteiger partial charge in [0.05, 0.1) is 0 Å². The van der Waals surface area contributed by atoms with E-state index in [0.717, 1.165) is 82.9 Å². The summed E-state index contributed by atoms with van der Waals surface area (Å²) in [7, 11) is 0. The summed E-state index contributed by atoms with van der Waals surface area (Å²) in [6.45, 7) is 6.18. The van der Waals surface area contributed by atoms with E-state index in [-0.39, 0.29) is 0 Å². The van der Waals surface area contributed by atoms with Crippen LogP contribution in [0.15, 0.2) is 48.7 Å². The highest BCUT2D eigenvalue weighted by molar-refractivity contribution is 5.81. The number of benzene rings is 2. The molecule has 34 heavy (non-hydrogen) atoms. The van der Waals surface area contributed by atoms with Gasteiger partial charge < -0.3 is 30.0 Å². The summed E-state index contributed by atoms with van der Waals surface area (Å²) in [5.41, 5.74) is 3.91. The minimum atomic E-state index is 0.323. The number of hydrogen-bond acceptors (Lipinski definition) is 5. The molecule has 2 saturated heterocycles. The molecule has 6 rings (SSSR count). The van der Waals surface area contributed by atoms with Gasteiger partial charge in [0.2, 0.25) is 0 Å². The number of rotatable bonds is 6. The van der Waals surface area contributed by atoms with Crippen LogP contribution in [0, 0.1) is 0 Å². The van der Waals surface area contributed by atoms with Crippen molar-refractivity contribution >= 4 is 16.6 Å². The third-order valence-electron chi connectivity index (χ3n) is 7.61. The molecule has 3 N–H and O–H groups in total. The normalized spacial score (nSPS) is 21.7. The van der Waals surface area contributed by atoms with Crippen LogP contribution in [-0.4, -0.2) is 49.5 Å². The van der Waals surface area contributed by atoms with Gasteiger partial charge in [-0.3, -0.25) is 0 Å². The van der Waals surface area contributed by atoms with Crippen molar-refractivity contribution in [2.75, 3.05) is 38.0 Å². The molecular weight excluding hydrogens is 424 g/mol. The molecule has 3 aliphatic heterocycles. The minimum Gasteiger partial charge on any atom is -0.490 e. The maximum absolute atomic E-state index is 6.36. The fourth-order valence-electron chi connectivity index (χ4n) is 5.70. The van der Waals surface area contributed by atoms with Crippen molar-refractivity contribution in [3.63, 3.8) is 0 Å². The number of ether oxygens (including phenoxy) is 2. The molecule has 0 spiro atoms. The van der Waals surface area contributed by atoms with Crippen LogP contribution >= 0.6 is 0 Å². The SMILES string of the molecule is c1cc2c(cc1OC1CCNCC1)C(Cn1ccc3cc(OC4CCNCC4)ccc31)CCN2. The van der Waals surface area contributed by atoms with Crippen molar-refractivity contribution in [3.8, 4) is 11.5 Å². The zero-order valence-corrected chi connectivity index (χ0v) is 19.9. The zero-order valence-electron chi connectivity index (χ0n) is 19.9. The highest BCUT2D eigenvalue weighted by atomic mass is 16.5. The summed E-state index contributed by atoms with van der Waals surface area (Å²) in [4.78, 5) is 0. The van der Waals surface area contributed by atoms with Gasteiger partial charge in [0, 0.05) is 41.8 Å². The third kappa shape index (κ3) is 4.75. The first kappa shape index (κ1) is 21.8. The summed E-state index contributed by atoms with van der Waals surface area (Å²) >= 11 is 0. The molecule has 3 aliphatic rings. The Balaban J connectivity index is 1.18. The molecule has 2 aromatic carbocycles. The van der Waals surface area contributed by atoms with Gasteiger partial charge in [0.25, 0.3) is 0 Å². The highest BCUT2D eigenvalue weighted by Gasteiger charge is 2.23. The highest BCUT2D eigenvalue weighted by Crippen LogP contribution is 2.37. The number of aromatic nitrogens is 1. The van der Waals surface area contributed by atoms with Crippen LogP contribution in [0.4, 0.5) is 5.69 Å². The first-order valence-electron chi connectivity index (χ1n) is 13.0. The van der Waals surface area contributed by atoms with E-state index in [9.17, 15) is 0 Å². The molecule has 0 amide bonds. The van der Waals surface area contributed by atoms with Crippen LogP contribution in [0.5, 0.6) is 11.5 Å². The largest absolute Gasteiger partial charge is 0.490 e. The molecule has 3 aromatic rings. The summed E-state index contributed by atoms with van der Waals surface area (Å²) in [5, 5.41) is 11.7. The minimum absolute atomic E-state index is 0.323. The first-order chi connectivity index (χ1) is 16.8. The summed E-state index contributed by atoms with van der Waals surface area (Å²) in [6, 6.07) is 15.4. The van der Waals surface area contributed by atoms with E-state index in [1.54, 1.807) is 0 Å². The predicted molar refractivity (Wildman–Crippen MR) is 137 cm³/mol. The van der Waals surface area contributed by atoms with Crippen molar-refractivity contribution in [2.24, 2.45) is 0 Å². The number of nitrogens with one attached hydrogen (secondary N) is 3. The second-order valence-electron chi connectivity index (χ2n) is 9.98. The standard InChI is InChI=1S/C28H36N4O2/c1-3-27-26(18-25(1)34-23-8-13-30-14-9-23)21(5-15-31-27)19-32-16-10-20-17-24(2-4-28(20)32)33-22-6-11-29-12-7-22/h1-4,10,16-18,21-23,29-31H,5-9,11-15,19H2. The lowest BCUT2D eigenvalue weighted by atomic mass is 9.90. The first-order valence-corrected chi connectivity index (χ1v) is 13.0. The molecule has 0 saturated carbocycles. The topological polar surface area (TPSA) is 59.5 Å². The Hall–Kier alpha value is -2.70. The number of fused-ring (bicyclic) bond motifs is 2. The molecule has 2 fully saturated rings.